The van der Waals surface area contributed by atoms with Gasteiger partial charge in [-0.3, -0.25) is 0 Å². The summed E-state index contributed by atoms with van der Waals surface area (Å²) in [7, 11) is 0. The van der Waals surface area contributed by atoms with Gasteiger partial charge >= 0.3 is 0 Å². The predicted octanol–water partition coefficient (Wildman–Crippen LogP) is 3.52. The number of rotatable bonds is 4. The van der Waals surface area contributed by atoms with Gasteiger partial charge in [0.05, 0.1) is 0 Å². The summed E-state index contributed by atoms with van der Waals surface area (Å²) in [5.41, 5.74) is 0. The summed E-state index contributed by atoms with van der Waals surface area (Å²) in [6.07, 6.45) is 9.71. The highest BCUT2D eigenvalue weighted by molar-refractivity contribution is 7.99. The van der Waals surface area contributed by atoms with Crippen LogP contribution in [-0.2, 0) is 0 Å². The van der Waals surface area contributed by atoms with E-state index in [4.69, 9.17) is 0 Å². The lowest BCUT2D eigenvalue weighted by molar-refractivity contribution is 0.391. The van der Waals surface area contributed by atoms with Crippen molar-refractivity contribution < 1.29 is 0 Å². The molecule has 1 saturated carbocycles. The molecule has 1 aliphatic rings. The SMILES string of the molecule is C[CH]CSCC1CCCCC1. The largest absolute Gasteiger partial charge is 0.161 e. The molecule has 1 rings (SSSR count). The predicted molar refractivity (Wildman–Crippen MR) is 53.9 cm³/mol. The van der Waals surface area contributed by atoms with Gasteiger partial charge in [-0.15, -0.1) is 0 Å². The molecule has 0 aromatic rings. The van der Waals surface area contributed by atoms with Crippen LogP contribution in [0.4, 0.5) is 0 Å². The Bertz CT molecular complexity index is 84.9. The molecule has 0 spiro atoms. The van der Waals surface area contributed by atoms with Crippen LogP contribution in [0, 0.1) is 12.3 Å². The van der Waals surface area contributed by atoms with E-state index in [1.807, 2.05) is 0 Å². The monoisotopic (exact) mass is 171 g/mol. The summed E-state index contributed by atoms with van der Waals surface area (Å²) in [5, 5.41) is 0. The summed E-state index contributed by atoms with van der Waals surface area (Å²) in [4.78, 5) is 0. The maximum absolute atomic E-state index is 2.26. The van der Waals surface area contributed by atoms with Crippen LogP contribution in [0.5, 0.6) is 0 Å². The van der Waals surface area contributed by atoms with Crippen molar-refractivity contribution in [1.82, 2.24) is 0 Å². The molecule has 1 aliphatic carbocycles. The van der Waals surface area contributed by atoms with Crippen molar-refractivity contribution in [3.8, 4) is 0 Å². The van der Waals surface area contributed by atoms with Gasteiger partial charge in [0, 0.05) is 0 Å². The van der Waals surface area contributed by atoms with Crippen molar-refractivity contribution in [2.75, 3.05) is 11.5 Å². The molecule has 0 nitrogen and oxygen atoms in total. The second-order valence-corrected chi connectivity index (χ2v) is 4.52. The van der Waals surface area contributed by atoms with Crippen LogP contribution < -0.4 is 0 Å². The van der Waals surface area contributed by atoms with Crippen LogP contribution in [0.1, 0.15) is 39.0 Å². The molecule has 1 heteroatoms. The fourth-order valence-electron chi connectivity index (χ4n) is 1.71. The summed E-state index contributed by atoms with van der Waals surface area (Å²) in [5.74, 6) is 3.70. The smallest absolute Gasteiger partial charge is 0.00388 e. The average molecular weight is 171 g/mol. The third kappa shape index (κ3) is 4.05. The molecule has 0 aliphatic heterocycles. The minimum Gasteiger partial charge on any atom is -0.161 e. The zero-order chi connectivity index (χ0) is 7.94. The molecule has 0 atom stereocenters. The first-order valence-corrected chi connectivity index (χ1v) is 5.94. The molecule has 0 aromatic heterocycles. The quantitative estimate of drug-likeness (QED) is 0.583. The van der Waals surface area contributed by atoms with E-state index in [1.165, 1.54) is 43.6 Å². The van der Waals surface area contributed by atoms with E-state index in [2.05, 4.69) is 25.1 Å². The molecule has 0 amide bonds. The maximum atomic E-state index is 2.26. The topological polar surface area (TPSA) is 0 Å². The van der Waals surface area contributed by atoms with Crippen molar-refractivity contribution in [2.45, 2.75) is 39.0 Å². The number of hydrogen-bond donors (Lipinski definition) is 0. The highest BCUT2D eigenvalue weighted by Crippen LogP contribution is 2.26. The van der Waals surface area contributed by atoms with Crippen LogP contribution in [0.25, 0.3) is 0 Å². The van der Waals surface area contributed by atoms with Crippen LogP contribution in [0.15, 0.2) is 0 Å². The first-order valence-electron chi connectivity index (χ1n) is 4.79. The molecule has 0 N–H and O–H groups in total. The summed E-state index contributed by atoms with van der Waals surface area (Å²) in [6, 6.07) is 0. The van der Waals surface area contributed by atoms with Gasteiger partial charge in [0.1, 0.15) is 0 Å². The van der Waals surface area contributed by atoms with Gasteiger partial charge in [-0.25, -0.2) is 0 Å². The van der Waals surface area contributed by atoms with Crippen molar-refractivity contribution in [2.24, 2.45) is 5.92 Å². The maximum Gasteiger partial charge on any atom is -0.00388 e. The minimum absolute atomic E-state index is 1.05. The first-order chi connectivity index (χ1) is 5.43. The second-order valence-electron chi connectivity index (χ2n) is 3.45. The molecule has 1 fully saturated rings. The lowest BCUT2D eigenvalue weighted by Gasteiger charge is -2.20. The van der Waals surface area contributed by atoms with E-state index in [1.54, 1.807) is 0 Å². The fraction of sp³-hybridized carbons (Fsp3) is 0.900. The molecule has 11 heavy (non-hydrogen) atoms. The zero-order valence-electron chi connectivity index (χ0n) is 7.51. The van der Waals surface area contributed by atoms with Gasteiger partial charge in [0.25, 0.3) is 0 Å². The van der Waals surface area contributed by atoms with Crippen molar-refractivity contribution in [3.05, 3.63) is 6.42 Å². The van der Waals surface area contributed by atoms with Gasteiger partial charge in [-0.1, -0.05) is 26.2 Å². The Balaban J connectivity index is 1.96. The van der Waals surface area contributed by atoms with Crippen LogP contribution in [0.2, 0.25) is 0 Å². The molecule has 0 bridgehead atoms. The summed E-state index contributed by atoms with van der Waals surface area (Å²) in [6.45, 7) is 2.15. The minimum atomic E-state index is 1.05. The third-order valence-corrected chi connectivity index (χ3v) is 3.64. The Morgan fingerprint density at radius 1 is 1.27 bits per heavy atom. The molecule has 0 heterocycles. The Labute approximate surface area is 75.1 Å². The fourth-order valence-corrected chi connectivity index (χ4v) is 2.74. The van der Waals surface area contributed by atoms with Crippen LogP contribution in [-0.4, -0.2) is 11.5 Å². The van der Waals surface area contributed by atoms with E-state index in [0.29, 0.717) is 0 Å². The lowest BCUT2D eigenvalue weighted by Crippen LogP contribution is -2.08. The highest BCUT2D eigenvalue weighted by atomic mass is 32.2. The average Bonchev–Trinajstić information content (AvgIpc) is 2.07. The molecule has 0 unspecified atom stereocenters. The van der Waals surface area contributed by atoms with E-state index in [-0.39, 0.29) is 0 Å². The molecular formula is C10H19S. The Morgan fingerprint density at radius 2 is 2.00 bits per heavy atom. The zero-order valence-corrected chi connectivity index (χ0v) is 8.33. The van der Waals surface area contributed by atoms with Crippen molar-refractivity contribution in [1.29, 1.82) is 0 Å². The van der Waals surface area contributed by atoms with Gasteiger partial charge in [-0.05, 0) is 36.7 Å². The Hall–Kier alpha value is 0.350. The van der Waals surface area contributed by atoms with Crippen LogP contribution >= 0.6 is 11.8 Å². The van der Waals surface area contributed by atoms with Gasteiger partial charge < -0.3 is 0 Å². The number of hydrogen-bond acceptors (Lipinski definition) is 1. The van der Waals surface area contributed by atoms with Crippen molar-refractivity contribution in [3.63, 3.8) is 0 Å². The Kier molecular flexibility index (Phi) is 5.09. The van der Waals surface area contributed by atoms with Gasteiger partial charge in [-0.2, -0.15) is 11.8 Å². The van der Waals surface area contributed by atoms with E-state index < -0.39 is 0 Å². The Morgan fingerprint density at radius 3 is 2.64 bits per heavy atom. The van der Waals surface area contributed by atoms with Gasteiger partial charge in [0.15, 0.2) is 0 Å². The summed E-state index contributed by atoms with van der Waals surface area (Å²) >= 11 is 2.10. The van der Waals surface area contributed by atoms with Crippen LogP contribution in [0.3, 0.4) is 0 Å². The van der Waals surface area contributed by atoms with E-state index >= 15 is 0 Å². The molecule has 0 aromatic carbocycles. The highest BCUT2D eigenvalue weighted by Gasteiger charge is 2.12. The van der Waals surface area contributed by atoms with Crippen molar-refractivity contribution >= 4 is 11.8 Å². The summed E-state index contributed by atoms with van der Waals surface area (Å²) < 4.78 is 0. The van der Waals surface area contributed by atoms with E-state index in [0.717, 1.165) is 5.92 Å². The third-order valence-electron chi connectivity index (χ3n) is 2.36. The van der Waals surface area contributed by atoms with Gasteiger partial charge in [0.2, 0.25) is 0 Å². The normalized spacial score (nSPS) is 20.5. The number of thioether (sulfide) groups is 1. The molecule has 1 radical (unpaired) electrons. The molecular weight excluding hydrogens is 152 g/mol. The first kappa shape index (κ1) is 9.44. The molecule has 65 valence electrons. The lowest BCUT2D eigenvalue weighted by atomic mass is 9.91. The van der Waals surface area contributed by atoms with E-state index in [9.17, 15) is 0 Å². The standard InChI is InChI=1S/C10H19S/c1-2-8-11-9-10-6-4-3-5-7-10/h2,10H,3-9H2,1H3. The second kappa shape index (κ2) is 5.93. The molecule has 0 saturated heterocycles.